The molecule has 1 fully saturated rings. The molecule has 0 bridgehead atoms. The topological polar surface area (TPSA) is 41.1 Å². The molecule has 0 aromatic heterocycles. The molecule has 0 saturated carbocycles. The Bertz CT molecular complexity index is 500. The van der Waals surface area contributed by atoms with Crippen molar-refractivity contribution < 1.29 is 13.6 Å². The Morgan fingerprint density at radius 3 is 2.70 bits per heavy atom. The Hall–Kier alpha value is -0.910. The number of piperidine rings is 1. The number of hydrogen-bond acceptors (Lipinski definition) is 2. The Kier molecular flexibility index (Phi) is 6.17. The Labute approximate surface area is 127 Å². The summed E-state index contributed by atoms with van der Waals surface area (Å²) in [5, 5.41) is 5.95. The molecule has 0 radical (unpaired) electrons. The molecule has 1 saturated heterocycles. The van der Waals surface area contributed by atoms with Crippen molar-refractivity contribution in [2.75, 3.05) is 13.1 Å². The molecular weight excluding hydrogens is 309 g/mol. The lowest BCUT2D eigenvalue weighted by atomic mass is 9.95. The highest BCUT2D eigenvalue weighted by molar-refractivity contribution is 6.33. The minimum absolute atomic E-state index is 0. The lowest BCUT2D eigenvalue weighted by Crippen LogP contribution is -2.48. The lowest BCUT2D eigenvalue weighted by Gasteiger charge is -2.30. The summed E-state index contributed by atoms with van der Waals surface area (Å²) in [6.07, 6.45) is 0.800. The largest absolute Gasteiger partial charge is 0.349 e. The highest BCUT2D eigenvalue weighted by Crippen LogP contribution is 2.21. The molecule has 1 amide bonds. The van der Waals surface area contributed by atoms with Crippen LogP contribution < -0.4 is 10.6 Å². The third-order valence-corrected chi connectivity index (χ3v) is 3.67. The van der Waals surface area contributed by atoms with Gasteiger partial charge in [0.25, 0.3) is 5.91 Å². The van der Waals surface area contributed by atoms with Crippen LogP contribution in [0.15, 0.2) is 12.1 Å². The van der Waals surface area contributed by atoms with Gasteiger partial charge in [-0.05, 0) is 37.6 Å². The Morgan fingerprint density at radius 1 is 1.40 bits per heavy atom. The van der Waals surface area contributed by atoms with Crippen LogP contribution in [-0.4, -0.2) is 25.0 Å². The molecule has 1 heterocycles. The number of rotatable bonds is 2. The van der Waals surface area contributed by atoms with Gasteiger partial charge >= 0.3 is 0 Å². The third kappa shape index (κ3) is 3.81. The summed E-state index contributed by atoms with van der Waals surface area (Å²) in [7, 11) is 0. The molecule has 3 nitrogen and oxygen atoms in total. The van der Waals surface area contributed by atoms with Crippen LogP contribution in [0.4, 0.5) is 8.78 Å². The Morgan fingerprint density at radius 2 is 2.05 bits per heavy atom. The lowest BCUT2D eigenvalue weighted by molar-refractivity contribution is 0.0914. The number of hydrogen-bond donors (Lipinski definition) is 2. The van der Waals surface area contributed by atoms with E-state index in [4.69, 9.17) is 11.6 Å². The Balaban J connectivity index is 0.00000200. The molecular formula is C13H16Cl2F2N2O. The summed E-state index contributed by atoms with van der Waals surface area (Å²) in [6, 6.07) is 1.66. The van der Waals surface area contributed by atoms with Crippen LogP contribution in [0.3, 0.4) is 0 Å². The van der Waals surface area contributed by atoms with E-state index in [2.05, 4.69) is 10.6 Å². The quantitative estimate of drug-likeness (QED) is 0.821. The maximum absolute atomic E-state index is 13.2. The SMILES string of the molecule is CC1CNCCC1NC(=O)c1cc(F)c(F)cc1Cl.Cl. The van der Waals surface area contributed by atoms with Crippen molar-refractivity contribution in [1.29, 1.82) is 0 Å². The van der Waals surface area contributed by atoms with Crippen LogP contribution in [0.1, 0.15) is 23.7 Å². The van der Waals surface area contributed by atoms with Gasteiger partial charge < -0.3 is 10.6 Å². The van der Waals surface area contributed by atoms with Gasteiger partial charge in [0.05, 0.1) is 10.6 Å². The van der Waals surface area contributed by atoms with Gasteiger partial charge in [-0.15, -0.1) is 12.4 Å². The average molecular weight is 325 g/mol. The smallest absolute Gasteiger partial charge is 0.253 e. The fourth-order valence-corrected chi connectivity index (χ4v) is 2.41. The van der Waals surface area contributed by atoms with Crippen molar-refractivity contribution in [1.82, 2.24) is 10.6 Å². The average Bonchev–Trinajstić information content (AvgIpc) is 2.36. The number of halogens is 4. The molecule has 2 rings (SSSR count). The summed E-state index contributed by atoms with van der Waals surface area (Å²) in [5.41, 5.74) is -0.0358. The van der Waals surface area contributed by atoms with Crippen molar-refractivity contribution in [3.8, 4) is 0 Å². The number of carbonyl (C=O) groups is 1. The number of amides is 1. The zero-order valence-electron chi connectivity index (χ0n) is 10.9. The van der Waals surface area contributed by atoms with Crippen LogP contribution in [-0.2, 0) is 0 Å². The van der Waals surface area contributed by atoms with Crippen molar-refractivity contribution in [3.63, 3.8) is 0 Å². The van der Waals surface area contributed by atoms with Gasteiger partial charge in [0.2, 0.25) is 0 Å². The van der Waals surface area contributed by atoms with Crippen molar-refractivity contribution >= 4 is 29.9 Å². The van der Waals surface area contributed by atoms with E-state index < -0.39 is 17.5 Å². The standard InChI is InChI=1S/C13H15ClF2N2O.ClH/c1-7-6-17-3-2-12(7)18-13(19)8-4-10(15)11(16)5-9(8)14;/h4-5,7,12,17H,2-3,6H2,1H3,(H,18,19);1H. The molecule has 2 unspecified atom stereocenters. The minimum atomic E-state index is -1.08. The maximum atomic E-state index is 13.2. The second-order valence-corrected chi connectivity index (χ2v) is 5.20. The third-order valence-electron chi connectivity index (χ3n) is 3.36. The van der Waals surface area contributed by atoms with E-state index >= 15 is 0 Å². The minimum Gasteiger partial charge on any atom is -0.349 e. The van der Waals surface area contributed by atoms with Crippen LogP contribution in [0.2, 0.25) is 5.02 Å². The van der Waals surface area contributed by atoms with Gasteiger partial charge in [-0.3, -0.25) is 4.79 Å². The first-order valence-electron chi connectivity index (χ1n) is 6.15. The predicted octanol–water partition coefficient (Wildman–Crippen LogP) is 2.77. The normalized spacial score (nSPS) is 22.0. The molecule has 20 heavy (non-hydrogen) atoms. The van der Waals surface area contributed by atoms with Crippen LogP contribution in [0.25, 0.3) is 0 Å². The van der Waals surface area contributed by atoms with Crippen LogP contribution in [0.5, 0.6) is 0 Å². The monoisotopic (exact) mass is 324 g/mol. The molecule has 1 aromatic rings. The van der Waals surface area contributed by atoms with E-state index in [0.29, 0.717) is 0 Å². The number of nitrogens with one attached hydrogen (secondary N) is 2. The van der Waals surface area contributed by atoms with E-state index in [1.165, 1.54) is 0 Å². The van der Waals surface area contributed by atoms with Gasteiger partial charge in [-0.2, -0.15) is 0 Å². The van der Waals surface area contributed by atoms with E-state index in [9.17, 15) is 13.6 Å². The predicted molar refractivity (Wildman–Crippen MR) is 76.5 cm³/mol. The van der Waals surface area contributed by atoms with Crippen molar-refractivity contribution in [2.24, 2.45) is 5.92 Å². The van der Waals surface area contributed by atoms with Crippen LogP contribution in [0, 0.1) is 17.6 Å². The zero-order valence-corrected chi connectivity index (χ0v) is 12.5. The first-order chi connectivity index (χ1) is 8.99. The summed E-state index contributed by atoms with van der Waals surface area (Å²) in [4.78, 5) is 12.0. The summed E-state index contributed by atoms with van der Waals surface area (Å²) in [6.45, 7) is 3.65. The molecule has 0 aliphatic carbocycles. The molecule has 7 heteroatoms. The number of carbonyl (C=O) groups excluding carboxylic acids is 1. The summed E-state index contributed by atoms with van der Waals surface area (Å²) >= 11 is 5.77. The second-order valence-electron chi connectivity index (χ2n) is 4.80. The molecule has 112 valence electrons. The molecule has 1 aromatic carbocycles. The first-order valence-corrected chi connectivity index (χ1v) is 6.53. The van der Waals surface area contributed by atoms with E-state index in [-0.39, 0.29) is 35.0 Å². The summed E-state index contributed by atoms with van der Waals surface area (Å²) in [5.74, 6) is -2.32. The molecule has 0 spiro atoms. The van der Waals surface area contributed by atoms with E-state index in [1.807, 2.05) is 6.92 Å². The first kappa shape index (κ1) is 17.1. The van der Waals surface area contributed by atoms with Gasteiger partial charge in [-0.25, -0.2) is 8.78 Å². The molecule has 2 atom stereocenters. The van der Waals surface area contributed by atoms with Crippen molar-refractivity contribution in [3.05, 3.63) is 34.4 Å². The zero-order chi connectivity index (χ0) is 14.0. The van der Waals surface area contributed by atoms with Gasteiger partial charge in [0.15, 0.2) is 11.6 Å². The fraction of sp³-hybridized carbons (Fsp3) is 0.462. The number of benzene rings is 1. The van der Waals surface area contributed by atoms with E-state index in [1.54, 1.807) is 0 Å². The molecule has 1 aliphatic heterocycles. The molecule has 1 aliphatic rings. The maximum Gasteiger partial charge on any atom is 0.253 e. The summed E-state index contributed by atoms with van der Waals surface area (Å²) < 4.78 is 26.1. The van der Waals surface area contributed by atoms with E-state index in [0.717, 1.165) is 31.6 Å². The van der Waals surface area contributed by atoms with Crippen LogP contribution >= 0.6 is 24.0 Å². The fourth-order valence-electron chi connectivity index (χ4n) is 2.17. The van der Waals surface area contributed by atoms with Gasteiger partial charge in [0, 0.05) is 6.04 Å². The van der Waals surface area contributed by atoms with Crippen molar-refractivity contribution in [2.45, 2.75) is 19.4 Å². The highest BCUT2D eigenvalue weighted by Gasteiger charge is 2.24. The molecule has 2 N–H and O–H groups in total. The second kappa shape index (κ2) is 7.20. The van der Waals surface area contributed by atoms with Gasteiger partial charge in [0.1, 0.15) is 0 Å². The highest BCUT2D eigenvalue weighted by atomic mass is 35.5. The van der Waals surface area contributed by atoms with Gasteiger partial charge in [-0.1, -0.05) is 18.5 Å².